The number of amides is 1. The fourth-order valence-electron chi connectivity index (χ4n) is 2.15. The van der Waals surface area contributed by atoms with Gasteiger partial charge in [-0.3, -0.25) is 9.78 Å². The van der Waals surface area contributed by atoms with Crippen LogP contribution in [0, 0.1) is 5.82 Å². The first kappa shape index (κ1) is 13.1. The van der Waals surface area contributed by atoms with E-state index in [-0.39, 0.29) is 11.3 Å². The smallest absolute Gasteiger partial charge is 0.255 e. The second-order valence-electron chi connectivity index (χ2n) is 4.60. The third-order valence-corrected chi connectivity index (χ3v) is 3.08. The molecule has 0 radical (unpaired) electrons. The first-order valence-corrected chi connectivity index (χ1v) is 6.34. The number of nitrogens with zero attached hydrogens (tertiary/aromatic N) is 1. The molecule has 1 aromatic heterocycles. The number of nitrogens with two attached hydrogens (primary N) is 1. The molecule has 0 aliphatic carbocycles. The van der Waals surface area contributed by atoms with Crippen LogP contribution in [0.25, 0.3) is 10.9 Å². The number of carbonyl (C=O) groups excluding carboxylic acids is 1. The van der Waals surface area contributed by atoms with E-state index in [0.717, 1.165) is 17.0 Å². The van der Waals surface area contributed by atoms with Gasteiger partial charge < -0.3 is 11.1 Å². The molecular weight excluding hydrogens is 269 g/mol. The molecule has 3 rings (SSSR count). The summed E-state index contributed by atoms with van der Waals surface area (Å²) in [6, 6.07) is 12.8. The van der Waals surface area contributed by atoms with Gasteiger partial charge in [0.2, 0.25) is 0 Å². The van der Waals surface area contributed by atoms with Crippen LogP contribution in [0.15, 0.2) is 54.7 Å². The number of rotatable bonds is 2. The molecule has 0 fully saturated rings. The molecule has 5 heteroatoms. The van der Waals surface area contributed by atoms with E-state index in [1.807, 2.05) is 12.1 Å². The minimum Gasteiger partial charge on any atom is -0.399 e. The van der Waals surface area contributed by atoms with E-state index >= 15 is 0 Å². The molecule has 104 valence electrons. The molecule has 0 saturated carbocycles. The van der Waals surface area contributed by atoms with E-state index in [9.17, 15) is 9.18 Å². The van der Waals surface area contributed by atoms with Crippen LogP contribution in [0.4, 0.5) is 15.8 Å². The van der Waals surface area contributed by atoms with Gasteiger partial charge in [-0.05, 0) is 42.5 Å². The fraction of sp³-hybridized carbons (Fsp3) is 0. The minimum atomic E-state index is -0.542. The maximum atomic E-state index is 13.3. The van der Waals surface area contributed by atoms with E-state index < -0.39 is 11.7 Å². The average molecular weight is 281 g/mol. The van der Waals surface area contributed by atoms with Crippen LogP contribution in [0.2, 0.25) is 0 Å². The molecule has 0 unspecified atom stereocenters. The largest absolute Gasteiger partial charge is 0.399 e. The molecule has 0 saturated heterocycles. The highest BCUT2D eigenvalue weighted by Gasteiger charge is 2.10. The van der Waals surface area contributed by atoms with Crippen LogP contribution < -0.4 is 11.1 Å². The van der Waals surface area contributed by atoms with Crippen LogP contribution in [0.1, 0.15) is 10.4 Å². The number of benzene rings is 2. The van der Waals surface area contributed by atoms with Crippen molar-refractivity contribution in [2.24, 2.45) is 0 Å². The first-order valence-electron chi connectivity index (χ1n) is 6.34. The predicted octanol–water partition coefficient (Wildman–Crippen LogP) is 3.21. The Bertz CT molecular complexity index is 807. The molecule has 1 amide bonds. The topological polar surface area (TPSA) is 68.0 Å². The predicted molar refractivity (Wildman–Crippen MR) is 80.5 cm³/mol. The first-order chi connectivity index (χ1) is 10.1. The number of nitrogens with one attached hydrogen (secondary N) is 1. The molecule has 3 aromatic rings. The van der Waals surface area contributed by atoms with Gasteiger partial charge >= 0.3 is 0 Å². The fourth-order valence-corrected chi connectivity index (χ4v) is 2.15. The molecule has 1 heterocycles. The van der Waals surface area contributed by atoms with Crippen molar-refractivity contribution in [2.75, 3.05) is 11.1 Å². The Morgan fingerprint density at radius 2 is 2.00 bits per heavy atom. The SMILES string of the molecule is Nc1cc(F)cc(C(=O)Nc2cccc3ncccc23)c1. The van der Waals surface area contributed by atoms with E-state index in [1.165, 1.54) is 12.1 Å². The molecule has 4 nitrogen and oxygen atoms in total. The molecule has 3 N–H and O–H groups in total. The maximum absolute atomic E-state index is 13.3. The number of hydrogen-bond donors (Lipinski definition) is 2. The lowest BCUT2D eigenvalue weighted by Gasteiger charge is -2.09. The lowest BCUT2D eigenvalue weighted by Crippen LogP contribution is -2.13. The van der Waals surface area contributed by atoms with Gasteiger partial charge in [0.1, 0.15) is 5.82 Å². The summed E-state index contributed by atoms with van der Waals surface area (Å²) in [6.45, 7) is 0. The van der Waals surface area contributed by atoms with Gasteiger partial charge in [-0.1, -0.05) is 6.07 Å². The van der Waals surface area contributed by atoms with Crippen LogP contribution in [-0.4, -0.2) is 10.9 Å². The normalized spacial score (nSPS) is 10.5. The van der Waals surface area contributed by atoms with Crippen molar-refractivity contribution in [3.63, 3.8) is 0 Å². The van der Waals surface area contributed by atoms with Gasteiger partial charge in [0, 0.05) is 22.8 Å². The zero-order chi connectivity index (χ0) is 14.8. The third kappa shape index (κ3) is 2.67. The number of fused-ring (bicyclic) bond motifs is 1. The van der Waals surface area contributed by atoms with Crippen LogP contribution in [0.3, 0.4) is 0 Å². The second kappa shape index (κ2) is 5.20. The van der Waals surface area contributed by atoms with Gasteiger partial charge in [0.15, 0.2) is 0 Å². The number of anilines is 2. The standard InChI is InChI=1S/C16H12FN3O/c17-11-7-10(8-12(18)9-11)16(21)20-15-5-1-4-14-13(15)3-2-6-19-14/h1-9H,18H2,(H,20,21). The molecule has 0 bridgehead atoms. The van der Waals surface area contributed by atoms with E-state index in [1.54, 1.807) is 24.4 Å². The number of halogens is 1. The summed E-state index contributed by atoms with van der Waals surface area (Å²) in [5.74, 6) is -0.961. The van der Waals surface area contributed by atoms with Crippen molar-refractivity contribution in [3.05, 3.63) is 66.1 Å². The summed E-state index contributed by atoms with van der Waals surface area (Å²) in [5.41, 5.74) is 7.32. The van der Waals surface area contributed by atoms with Crippen molar-refractivity contribution in [2.45, 2.75) is 0 Å². The Balaban J connectivity index is 1.96. The third-order valence-electron chi connectivity index (χ3n) is 3.08. The number of aromatic nitrogens is 1. The molecule has 0 atom stereocenters. The zero-order valence-electron chi connectivity index (χ0n) is 11.0. The number of pyridine rings is 1. The van der Waals surface area contributed by atoms with Crippen molar-refractivity contribution in [1.29, 1.82) is 0 Å². The molecule has 0 aliphatic heterocycles. The summed E-state index contributed by atoms with van der Waals surface area (Å²) >= 11 is 0. The Morgan fingerprint density at radius 3 is 2.81 bits per heavy atom. The molecular formula is C16H12FN3O. The van der Waals surface area contributed by atoms with Crippen LogP contribution in [0.5, 0.6) is 0 Å². The van der Waals surface area contributed by atoms with E-state index in [4.69, 9.17) is 5.73 Å². The van der Waals surface area contributed by atoms with Gasteiger partial charge in [-0.15, -0.1) is 0 Å². The number of carbonyl (C=O) groups is 1. The molecule has 0 spiro atoms. The Hall–Kier alpha value is -2.95. The highest BCUT2D eigenvalue weighted by atomic mass is 19.1. The number of hydrogen-bond acceptors (Lipinski definition) is 3. The quantitative estimate of drug-likeness (QED) is 0.709. The summed E-state index contributed by atoms with van der Waals surface area (Å²) in [4.78, 5) is 16.4. The lowest BCUT2D eigenvalue weighted by molar-refractivity contribution is 0.102. The second-order valence-corrected chi connectivity index (χ2v) is 4.60. The summed E-state index contributed by atoms with van der Waals surface area (Å²) < 4.78 is 13.3. The number of nitrogen functional groups attached to an aromatic ring is 1. The van der Waals surface area contributed by atoms with E-state index in [2.05, 4.69) is 10.3 Å². The average Bonchev–Trinajstić information content (AvgIpc) is 2.46. The summed E-state index contributed by atoms with van der Waals surface area (Å²) in [7, 11) is 0. The van der Waals surface area contributed by atoms with Crippen molar-refractivity contribution in [1.82, 2.24) is 4.98 Å². The Labute approximate surface area is 120 Å². The van der Waals surface area contributed by atoms with Gasteiger partial charge in [0.25, 0.3) is 5.91 Å². The summed E-state index contributed by atoms with van der Waals surface area (Å²) in [5, 5.41) is 3.57. The van der Waals surface area contributed by atoms with Crippen molar-refractivity contribution in [3.8, 4) is 0 Å². The summed E-state index contributed by atoms with van der Waals surface area (Å²) in [6.07, 6.45) is 1.68. The lowest BCUT2D eigenvalue weighted by atomic mass is 10.1. The van der Waals surface area contributed by atoms with Crippen LogP contribution >= 0.6 is 0 Å². The Morgan fingerprint density at radius 1 is 1.14 bits per heavy atom. The zero-order valence-corrected chi connectivity index (χ0v) is 11.0. The Kier molecular flexibility index (Phi) is 3.23. The van der Waals surface area contributed by atoms with Crippen molar-refractivity contribution >= 4 is 28.2 Å². The molecule has 21 heavy (non-hydrogen) atoms. The van der Waals surface area contributed by atoms with Gasteiger partial charge in [0.05, 0.1) is 11.2 Å². The van der Waals surface area contributed by atoms with Crippen molar-refractivity contribution < 1.29 is 9.18 Å². The monoisotopic (exact) mass is 281 g/mol. The maximum Gasteiger partial charge on any atom is 0.255 e. The van der Waals surface area contributed by atoms with Crippen LogP contribution in [-0.2, 0) is 0 Å². The molecule has 2 aromatic carbocycles. The van der Waals surface area contributed by atoms with Gasteiger partial charge in [-0.2, -0.15) is 0 Å². The van der Waals surface area contributed by atoms with Gasteiger partial charge in [-0.25, -0.2) is 4.39 Å². The molecule has 0 aliphatic rings. The minimum absolute atomic E-state index is 0.174. The highest BCUT2D eigenvalue weighted by Crippen LogP contribution is 2.22. The van der Waals surface area contributed by atoms with E-state index in [0.29, 0.717) is 5.69 Å². The highest BCUT2D eigenvalue weighted by molar-refractivity contribution is 6.09.